The molecule has 1 amide bonds. The van der Waals surface area contributed by atoms with E-state index in [0.29, 0.717) is 13.0 Å². The van der Waals surface area contributed by atoms with Crippen LogP contribution in [0.4, 0.5) is 4.79 Å². The lowest BCUT2D eigenvalue weighted by Crippen LogP contribution is -2.32. The van der Waals surface area contributed by atoms with Crippen molar-refractivity contribution in [2.75, 3.05) is 6.54 Å². The van der Waals surface area contributed by atoms with E-state index in [0.717, 1.165) is 11.1 Å². The second-order valence-electron chi connectivity index (χ2n) is 5.30. The van der Waals surface area contributed by atoms with Crippen LogP contribution in [0.2, 0.25) is 0 Å². The van der Waals surface area contributed by atoms with Gasteiger partial charge in [-0.3, -0.25) is 0 Å². The Balaban J connectivity index is 2.39. The summed E-state index contributed by atoms with van der Waals surface area (Å²) in [4.78, 5) is 11.4. The molecule has 0 unspecified atom stereocenters. The maximum Gasteiger partial charge on any atom is 0.407 e. The average molecular weight is 275 g/mol. The summed E-state index contributed by atoms with van der Waals surface area (Å²) in [5, 5.41) is 11.8. The van der Waals surface area contributed by atoms with Crippen LogP contribution >= 0.6 is 0 Å². The molecule has 1 rings (SSSR count). The zero-order valence-corrected chi connectivity index (χ0v) is 12.2. The Hall–Kier alpha value is -1.99. The van der Waals surface area contributed by atoms with Gasteiger partial charge in [-0.25, -0.2) is 4.79 Å². The van der Waals surface area contributed by atoms with E-state index >= 15 is 0 Å². The Labute approximate surface area is 120 Å². The van der Waals surface area contributed by atoms with Crippen LogP contribution in [0.15, 0.2) is 24.3 Å². The molecule has 0 fully saturated rings. The molecule has 1 aromatic carbocycles. The van der Waals surface area contributed by atoms with Gasteiger partial charge in [-0.1, -0.05) is 30.0 Å². The first-order valence-electron chi connectivity index (χ1n) is 6.57. The zero-order chi connectivity index (χ0) is 15.0. The van der Waals surface area contributed by atoms with E-state index in [4.69, 9.17) is 9.84 Å². The standard InChI is InChI=1S/C16H21NO3/c1-16(2,3)20-15(19)17-11-7-6-9-13-8-4-5-10-14(13)12-18/h4-5,8,10,18H,7,11-12H2,1-3H3,(H,17,19). The van der Waals surface area contributed by atoms with Crippen molar-refractivity contribution < 1.29 is 14.6 Å². The number of benzene rings is 1. The predicted octanol–water partition coefficient (Wildman–Crippen LogP) is 2.45. The molecule has 0 aliphatic rings. The molecule has 0 heterocycles. The van der Waals surface area contributed by atoms with E-state index in [2.05, 4.69) is 17.2 Å². The van der Waals surface area contributed by atoms with Crippen LogP contribution in [0, 0.1) is 11.8 Å². The van der Waals surface area contributed by atoms with Gasteiger partial charge in [0.05, 0.1) is 6.61 Å². The van der Waals surface area contributed by atoms with Gasteiger partial charge in [-0.05, 0) is 32.4 Å². The summed E-state index contributed by atoms with van der Waals surface area (Å²) >= 11 is 0. The number of aliphatic hydroxyl groups is 1. The Morgan fingerprint density at radius 3 is 2.70 bits per heavy atom. The minimum absolute atomic E-state index is 0.0268. The van der Waals surface area contributed by atoms with Crippen molar-refractivity contribution in [3.63, 3.8) is 0 Å². The number of aliphatic hydroxyl groups excluding tert-OH is 1. The molecule has 0 saturated heterocycles. The number of rotatable bonds is 3. The van der Waals surface area contributed by atoms with Crippen molar-refractivity contribution in [1.29, 1.82) is 0 Å². The highest BCUT2D eigenvalue weighted by atomic mass is 16.6. The quantitative estimate of drug-likeness (QED) is 0.658. The van der Waals surface area contributed by atoms with Crippen molar-refractivity contribution in [2.45, 2.75) is 39.4 Å². The molecule has 0 aliphatic carbocycles. The van der Waals surface area contributed by atoms with E-state index < -0.39 is 11.7 Å². The third-order valence-corrected chi connectivity index (χ3v) is 2.33. The van der Waals surface area contributed by atoms with Crippen LogP contribution in [0.25, 0.3) is 0 Å². The second kappa shape index (κ2) is 7.56. The average Bonchev–Trinajstić information content (AvgIpc) is 2.36. The molecule has 0 spiro atoms. The van der Waals surface area contributed by atoms with Gasteiger partial charge in [0.25, 0.3) is 0 Å². The summed E-state index contributed by atoms with van der Waals surface area (Å²) < 4.78 is 5.11. The van der Waals surface area contributed by atoms with Gasteiger partial charge in [-0.2, -0.15) is 0 Å². The Kier molecular flexibility index (Phi) is 6.08. The first-order valence-corrected chi connectivity index (χ1v) is 6.57. The molecule has 0 radical (unpaired) electrons. The molecular formula is C16H21NO3. The number of carbonyl (C=O) groups excluding carboxylic acids is 1. The molecule has 108 valence electrons. The van der Waals surface area contributed by atoms with E-state index in [9.17, 15) is 4.79 Å². The molecule has 1 aromatic rings. The third-order valence-electron chi connectivity index (χ3n) is 2.33. The molecule has 20 heavy (non-hydrogen) atoms. The lowest BCUT2D eigenvalue weighted by molar-refractivity contribution is 0.0529. The summed E-state index contributed by atoms with van der Waals surface area (Å²) in [5.41, 5.74) is 1.13. The number of nitrogens with one attached hydrogen (secondary N) is 1. The van der Waals surface area contributed by atoms with Crippen LogP contribution < -0.4 is 5.32 Å². The van der Waals surface area contributed by atoms with Crippen LogP contribution in [-0.2, 0) is 11.3 Å². The maximum atomic E-state index is 11.4. The van der Waals surface area contributed by atoms with Crippen molar-refractivity contribution in [2.24, 2.45) is 0 Å². The van der Waals surface area contributed by atoms with Crippen molar-refractivity contribution >= 4 is 6.09 Å². The normalized spacial score (nSPS) is 10.4. The Morgan fingerprint density at radius 1 is 1.35 bits per heavy atom. The smallest absolute Gasteiger partial charge is 0.407 e. The molecule has 4 nitrogen and oxygen atoms in total. The van der Waals surface area contributed by atoms with Gasteiger partial charge in [0.2, 0.25) is 0 Å². The highest BCUT2D eigenvalue weighted by molar-refractivity contribution is 5.67. The molecule has 0 aliphatic heterocycles. The van der Waals surface area contributed by atoms with Gasteiger partial charge in [0.15, 0.2) is 0 Å². The monoisotopic (exact) mass is 275 g/mol. The summed E-state index contributed by atoms with van der Waals surface area (Å²) in [6, 6.07) is 7.44. The van der Waals surface area contributed by atoms with Gasteiger partial charge >= 0.3 is 6.09 Å². The first kappa shape index (κ1) is 16.1. The van der Waals surface area contributed by atoms with Gasteiger partial charge < -0.3 is 15.2 Å². The second-order valence-corrected chi connectivity index (χ2v) is 5.30. The largest absolute Gasteiger partial charge is 0.444 e. The fraction of sp³-hybridized carbons (Fsp3) is 0.438. The molecule has 0 saturated carbocycles. The molecule has 2 N–H and O–H groups in total. The van der Waals surface area contributed by atoms with E-state index in [1.54, 1.807) is 0 Å². The fourth-order valence-corrected chi connectivity index (χ4v) is 1.48. The van der Waals surface area contributed by atoms with E-state index in [1.807, 2.05) is 45.0 Å². The topological polar surface area (TPSA) is 58.6 Å². The lowest BCUT2D eigenvalue weighted by Gasteiger charge is -2.19. The number of ether oxygens (including phenoxy) is 1. The molecule has 0 aromatic heterocycles. The van der Waals surface area contributed by atoms with Gasteiger partial charge in [-0.15, -0.1) is 0 Å². The first-order chi connectivity index (χ1) is 9.42. The number of amides is 1. The van der Waals surface area contributed by atoms with E-state index in [-0.39, 0.29) is 6.61 Å². The van der Waals surface area contributed by atoms with Gasteiger partial charge in [0, 0.05) is 18.5 Å². The highest BCUT2D eigenvalue weighted by Crippen LogP contribution is 2.07. The minimum atomic E-state index is -0.490. The molecule has 0 bridgehead atoms. The van der Waals surface area contributed by atoms with Crippen molar-refractivity contribution in [3.05, 3.63) is 35.4 Å². The Bertz CT molecular complexity index is 506. The molecule has 4 heteroatoms. The predicted molar refractivity (Wildman–Crippen MR) is 78.1 cm³/mol. The summed E-state index contributed by atoms with van der Waals surface area (Å²) in [7, 11) is 0. The fourth-order valence-electron chi connectivity index (χ4n) is 1.48. The maximum absolute atomic E-state index is 11.4. The van der Waals surface area contributed by atoms with Crippen LogP contribution in [0.3, 0.4) is 0 Å². The Morgan fingerprint density at radius 2 is 2.05 bits per heavy atom. The number of carbonyl (C=O) groups is 1. The van der Waals surface area contributed by atoms with Gasteiger partial charge in [0.1, 0.15) is 5.60 Å². The van der Waals surface area contributed by atoms with Crippen molar-refractivity contribution in [1.82, 2.24) is 5.32 Å². The van der Waals surface area contributed by atoms with Crippen LogP contribution in [-0.4, -0.2) is 23.3 Å². The van der Waals surface area contributed by atoms with Crippen LogP contribution in [0.5, 0.6) is 0 Å². The molecular weight excluding hydrogens is 254 g/mol. The summed E-state index contributed by atoms with van der Waals surface area (Å²) in [5.74, 6) is 5.95. The lowest BCUT2D eigenvalue weighted by atomic mass is 10.1. The molecule has 0 atom stereocenters. The highest BCUT2D eigenvalue weighted by Gasteiger charge is 2.15. The number of hydrogen-bond donors (Lipinski definition) is 2. The number of alkyl carbamates (subject to hydrolysis) is 1. The van der Waals surface area contributed by atoms with Crippen molar-refractivity contribution in [3.8, 4) is 11.8 Å². The minimum Gasteiger partial charge on any atom is -0.444 e. The SMILES string of the molecule is CC(C)(C)OC(=O)NCCC#Cc1ccccc1CO. The van der Waals surface area contributed by atoms with E-state index in [1.165, 1.54) is 0 Å². The number of hydrogen-bond acceptors (Lipinski definition) is 3. The van der Waals surface area contributed by atoms with Crippen LogP contribution in [0.1, 0.15) is 38.3 Å². The zero-order valence-electron chi connectivity index (χ0n) is 12.2. The summed E-state index contributed by atoms with van der Waals surface area (Å²) in [6.45, 7) is 5.86. The third kappa shape index (κ3) is 6.26. The summed E-state index contributed by atoms with van der Waals surface area (Å²) in [6.07, 6.45) is 0.0917.